The lowest BCUT2D eigenvalue weighted by atomic mass is 10.2. The van der Waals surface area contributed by atoms with E-state index in [1.54, 1.807) is 18.3 Å². The number of benzene rings is 2. The molecule has 0 heterocycles. The standard InChI is InChI=1S/C14H11Cl3N2/c15-11-4-1-3-10(7-11)8-18-19-9-12-13(16)5-2-6-14(12)17/h1-8,19H,9H2/b18-8+. The number of hydrazone groups is 1. The van der Waals surface area contributed by atoms with Crippen molar-refractivity contribution in [2.45, 2.75) is 6.54 Å². The van der Waals surface area contributed by atoms with Crippen LogP contribution in [0.4, 0.5) is 0 Å². The molecule has 0 aromatic heterocycles. The second kappa shape index (κ2) is 6.80. The van der Waals surface area contributed by atoms with Gasteiger partial charge in [-0.3, -0.25) is 0 Å². The molecular formula is C14H11Cl3N2. The summed E-state index contributed by atoms with van der Waals surface area (Å²) in [6, 6.07) is 12.8. The van der Waals surface area contributed by atoms with Crippen LogP contribution >= 0.6 is 34.8 Å². The van der Waals surface area contributed by atoms with E-state index < -0.39 is 0 Å². The first kappa shape index (κ1) is 14.2. The summed E-state index contributed by atoms with van der Waals surface area (Å²) >= 11 is 18.0. The Morgan fingerprint density at radius 1 is 1.00 bits per heavy atom. The Labute approximate surface area is 127 Å². The molecule has 1 N–H and O–H groups in total. The minimum atomic E-state index is 0.468. The fourth-order valence-corrected chi connectivity index (χ4v) is 2.26. The maximum Gasteiger partial charge on any atom is 0.0609 e. The molecular weight excluding hydrogens is 303 g/mol. The van der Waals surface area contributed by atoms with Crippen molar-refractivity contribution in [1.29, 1.82) is 0 Å². The highest BCUT2D eigenvalue weighted by atomic mass is 35.5. The molecule has 2 aromatic rings. The van der Waals surface area contributed by atoms with Gasteiger partial charge in [0.15, 0.2) is 0 Å². The maximum absolute atomic E-state index is 6.05. The van der Waals surface area contributed by atoms with Gasteiger partial charge in [-0.15, -0.1) is 0 Å². The molecule has 0 fully saturated rings. The van der Waals surface area contributed by atoms with Crippen molar-refractivity contribution < 1.29 is 0 Å². The van der Waals surface area contributed by atoms with Gasteiger partial charge in [-0.25, -0.2) is 0 Å². The lowest BCUT2D eigenvalue weighted by molar-refractivity contribution is 0.748. The van der Waals surface area contributed by atoms with E-state index in [0.29, 0.717) is 21.6 Å². The molecule has 0 aliphatic rings. The highest BCUT2D eigenvalue weighted by Crippen LogP contribution is 2.23. The van der Waals surface area contributed by atoms with Crippen molar-refractivity contribution in [3.05, 3.63) is 68.7 Å². The lowest BCUT2D eigenvalue weighted by Gasteiger charge is -2.05. The Kier molecular flexibility index (Phi) is 5.08. The predicted octanol–water partition coefficient (Wildman–Crippen LogP) is 4.77. The minimum absolute atomic E-state index is 0.468. The molecule has 0 spiro atoms. The normalized spacial score (nSPS) is 10.9. The molecule has 2 nitrogen and oxygen atoms in total. The van der Waals surface area contributed by atoms with Crippen molar-refractivity contribution in [3.8, 4) is 0 Å². The third-order valence-corrected chi connectivity index (χ3v) is 3.41. The fourth-order valence-electron chi connectivity index (χ4n) is 1.53. The Morgan fingerprint density at radius 2 is 1.68 bits per heavy atom. The molecule has 0 unspecified atom stereocenters. The quantitative estimate of drug-likeness (QED) is 0.638. The number of hydrogen-bond acceptors (Lipinski definition) is 2. The monoisotopic (exact) mass is 312 g/mol. The molecule has 19 heavy (non-hydrogen) atoms. The van der Waals surface area contributed by atoms with E-state index in [9.17, 15) is 0 Å². The van der Waals surface area contributed by atoms with Crippen LogP contribution in [0.15, 0.2) is 47.6 Å². The van der Waals surface area contributed by atoms with Crippen molar-refractivity contribution >= 4 is 41.0 Å². The summed E-state index contributed by atoms with van der Waals surface area (Å²) in [5.41, 5.74) is 4.66. The molecule has 2 aromatic carbocycles. The summed E-state index contributed by atoms with van der Waals surface area (Å²) < 4.78 is 0. The van der Waals surface area contributed by atoms with Crippen LogP contribution in [-0.4, -0.2) is 6.21 Å². The molecule has 0 saturated carbocycles. The average molecular weight is 314 g/mol. The van der Waals surface area contributed by atoms with Crippen LogP contribution in [0.5, 0.6) is 0 Å². The fraction of sp³-hybridized carbons (Fsp3) is 0.0714. The first-order chi connectivity index (χ1) is 9.16. The largest absolute Gasteiger partial charge is 0.306 e. The number of halogens is 3. The Morgan fingerprint density at radius 3 is 2.37 bits per heavy atom. The second-order valence-corrected chi connectivity index (χ2v) is 5.10. The molecule has 5 heteroatoms. The molecule has 0 aliphatic carbocycles. The Hall–Kier alpha value is -1.22. The van der Waals surface area contributed by atoms with E-state index >= 15 is 0 Å². The van der Waals surface area contributed by atoms with Gasteiger partial charge in [0.2, 0.25) is 0 Å². The predicted molar refractivity (Wildman–Crippen MR) is 82.3 cm³/mol. The number of rotatable bonds is 4. The van der Waals surface area contributed by atoms with Gasteiger partial charge in [0.1, 0.15) is 0 Å². The number of nitrogens with one attached hydrogen (secondary N) is 1. The topological polar surface area (TPSA) is 24.4 Å². The zero-order valence-corrected chi connectivity index (χ0v) is 12.2. The van der Waals surface area contributed by atoms with Crippen molar-refractivity contribution in [1.82, 2.24) is 5.43 Å². The van der Waals surface area contributed by atoms with Gasteiger partial charge in [-0.05, 0) is 29.8 Å². The average Bonchev–Trinajstić information content (AvgIpc) is 2.37. The minimum Gasteiger partial charge on any atom is -0.306 e. The van der Waals surface area contributed by atoms with Gasteiger partial charge in [0.25, 0.3) is 0 Å². The van der Waals surface area contributed by atoms with Crippen molar-refractivity contribution in [2.24, 2.45) is 5.10 Å². The second-order valence-electron chi connectivity index (χ2n) is 3.85. The Bertz CT molecular complexity index is 577. The summed E-state index contributed by atoms with van der Waals surface area (Å²) in [5.74, 6) is 0. The van der Waals surface area contributed by atoms with Crippen LogP contribution in [-0.2, 0) is 6.54 Å². The molecule has 0 saturated heterocycles. The first-order valence-corrected chi connectivity index (χ1v) is 6.74. The van der Waals surface area contributed by atoms with Gasteiger partial charge < -0.3 is 5.43 Å². The smallest absolute Gasteiger partial charge is 0.0609 e. The van der Waals surface area contributed by atoms with Crippen LogP contribution in [0.2, 0.25) is 15.1 Å². The van der Waals surface area contributed by atoms with Crippen molar-refractivity contribution in [3.63, 3.8) is 0 Å². The SMILES string of the molecule is Clc1cccc(/C=N/NCc2c(Cl)cccc2Cl)c1. The van der Waals surface area contributed by atoms with Gasteiger partial charge >= 0.3 is 0 Å². The summed E-state index contributed by atoms with van der Waals surface area (Å²) in [5, 5.41) is 6.03. The van der Waals surface area contributed by atoms with E-state index in [-0.39, 0.29) is 0 Å². The molecule has 0 atom stereocenters. The van der Waals surface area contributed by atoms with Crippen LogP contribution in [0, 0.1) is 0 Å². The molecule has 0 aliphatic heterocycles. The molecule has 0 amide bonds. The van der Waals surface area contributed by atoms with Gasteiger partial charge in [-0.1, -0.05) is 53.0 Å². The first-order valence-electron chi connectivity index (χ1n) is 5.61. The van der Waals surface area contributed by atoms with Gasteiger partial charge in [0.05, 0.1) is 12.8 Å². The molecule has 0 radical (unpaired) electrons. The van der Waals surface area contributed by atoms with E-state index in [1.165, 1.54) is 0 Å². The van der Waals surface area contributed by atoms with Crippen LogP contribution in [0.3, 0.4) is 0 Å². The zero-order valence-electron chi connectivity index (χ0n) is 9.91. The number of hydrogen-bond donors (Lipinski definition) is 1. The van der Waals surface area contributed by atoms with Gasteiger partial charge in [0, 0.05) is 20.6 Å². The Balaban J connectivity index is 1.97. The third-order valence-electron chi connectivity index (χ3n) is 2.47. The maximum atomic E-state index is 6.05. The zero-order chi connectivity index (χ0) is 13.7. The van der Waals surface area contributed by atoms with E-state index in [1.807, 2.05) is 30.3 Å². The molecule has 98 valence electrons. The summed E-state index contributed by atoms with van der Waals surface area (Å²) in [7, 11) is 0. The van der Waals surface area contributed by atoms with E-state index in [0.717, 1.165) is 11.1 Å². The van der Waals surface area contributed by atoms with Crippen LogP contribution < -0.4 is 5.43 Å². The van der Waals surface area contributed by atoms with Gasteiger partial charge in [-0.2, -0.15) is 5.10 Å². The van der Waals surface area contributed by atoms with Crippen LogP contribution in [0.1, 0.15) is 11.1 Å². The number of nitrogens with zero attached hydrogens (tertiary/aromatic N) is 1. The van der Waals surface area contributed by atoms with Crippen molar-refractivity contribution in [2.75, 3.05) is 0 Å². The lowest BCUT2D eigenvalue weighted by Crippen LogP contribution is -2.06. The third kappa shape index (κ3) is 4.13. The summed E-state index contributed by atoms with van der Waals surface area (Å²) in [4.78, 5) is 0. The van der Waals surface area contributed by atoms with E-state index in [4.69, 9.17) is 34.8 Å². The van der Waals surface area contributed by atoms with Crippen LogP contribution in [0.25, 0.3) is 0 Å². The molecule has 2 rings (SSSR count). The highest BCUT2D eigenvalue weighted by Gasteiger charge is 2.03. The molecule has 0 bridgehead atoms. The summed E-state index contributed by atoms with van der Waals surface area (Å²) in [6.45, 7) is 0.468. The van der Waals surface area contributed by atoms with E-state index in [2.05, 4.69) is 10.5 Å². The highest BCUT2D eigenvalue weighted by molar-refractivity contribution is 6.36. The summed E-state index contributed by atoms with van der Waals surface area (Å²) in [6.07, 6.45) is 1.69.